The van der Waals surface area contributed by atoms with E-state index in [0.717, 1.165) is 43.2 Å². The van der Waals surface area contributed by atoms with Gasteiger partial charge in [-0.05, 0) is 90.8 Å². The van der Waals surface area contributed by atoms with Crippen LogP contribution in [0.1, 0.15) is 66.4 Å². The summed E-state index contributed by atoms with van der Waals surface area (Å²) >= 11 is 0. The Hall–Kier alpha value is -4.40. The highest BCUT2D eigenvalue weighted by Crippen LogP contribution is 2.28. The van der Waals surface area contributed by atoms with E-state index in [9.17, 15) is 23.9 Å². The number of halogens is 1. The number of hydrogen-bond acceptors (Lipinski definition) is 5. The number of ether oxygens (including phenoxy) is 2. The molecule has 0 spiro atoms. The molecular formula is C34H40FNO7. The van der Waals surface area contributed by atoms with Crippen LogP contribution in [-0.2, 0) is 22.4 Å². The molecule has 2 N–H and O–H groups in total. The minimum Gasteiger partial charge on any atom is -0.494 e. The van der Waals surface area contributed by atoms with E-state index in [2.05, 4.69) is 0 Å². The summed E-state index contributed by atoms with van der Waals surface area (Å²) in [5.74, 6) is -1.11. The van der Waals surface area contributed by atoms with Crippen LogP contribution >= 0.6 is 0 Å². The van der Waals surface area contributed by atoms with Crippen LogP contribution in [-0.4, -0.2) is 60.3 Å². The van der Waals surface area contributed by atoms with Crippen molar-refractivity contribution in [1.82, 2.24) is 4.90 Å². The second-order valence-electron chi connectivity index (χ2n) is 10.6. The van der Waals surface area contributed by atoms with Crippen molar-refractivity contribution in [3.05, 3.63) is 83.2 Å². The first-order chi connectivity index (χ1) is 20.6. The molecule has 9 heteroatoms. The topological polar surface area (TPSA) is 113 Å². The van der Waals surface area contributed by atoms with E-state index in [1.807, 2.05) is 18.2 Å². The van der Waals surface area contributed by atoms with Crippen LogP contribution in [0.3, 0.4) is 0 Å². The Morgan fingerprint density at radius 1 is 0.744 bits per heavy atom. The summed E-state index contributed by atoms with van der Waals surface area (Å²) in [6.07, 6.45) is 5.07. The second kappa shape index (κ2) is 16.9. The molecule has 0 fully saturated rings. The van der Waals surface area contributed by atoms with Crippen molar-refractivity contribution in [2.75, 3.05) is 27.3 Å². The number of amides is 1. The van der Waals surface area contributed by atoms with Crippen LogP contribution in [0.4, 0.5) is 4.39 Å². The Morgan fingerprint density at radius 3 is 2.19 bits per heavy atom. The molecule has 0 saturated carbocycles. The van der Waals surface area contributed by atoms with Crippen LogP contribution in [0.5, 0.6) is 11.5 Å². The van der Waals surface area contributed by atoms with Crippen LogP contribution in [0.25, 0.3) is 11.1 Å². The van der Waals surface area contributed by atoms with E-state index < -0.39 is 11.9 Å². The zero-order valence-electron chi connectivity index (χ0n) is 24.8. The molecule has 0 unspecified atom stereocenters. The SMILES string of the molecule is CN(C)C(=O)c1cc(OCCCCCCc2cccc(OCCCC(=O)O)c2CCC(=O)O)cc(-c2cccc(F)c2)c1. The van der Waals surface area contributed by atoms with Crippen molar-refractivity contribution in [3.8, 4) is 22.6 Å². The zero-order chi connectivity index (χ0) is 31.2. The van der Waals surface area contributed by atoms with Crippen molar-refractivity contribution < 1.29 is 38.5 Å². The van der Waals surface area contributed by atoms with Gasteiger partial charge in [-0.3, -0.25) is 14.4 Å². The lowest BCUT2D eigenvalue weighted by Crippen LogP contribution is -2.21. The molecule has 8 nitrogen and oxygen atoms in total. The molecule has 0 saturated heterocycles. The molecule has 0 bridgehead atoms. The molecule has 3 aromatic rings. The lowest BCUT2D eigenvalue weighted by atomic mass is 9.97. The van der Waals surface area contributed by atoms with Gasteiger partial charge in [-0.25, -0.2) is 4.39 Å². The maximum absolute atomic E-state index is 13.8. The van der Waals surface area contributed by atoms with E-state index in [4.69, 9.17) is 14.6 Å². The molecule has 0 heterocycles. The van der Waals surface area contributed by atoms with Gasteiger partial charge >= 0.3 is 11.9 Å². The molecule has 0 atom stereocenters. The van der Waals surface area contributed by atoms with Gasteiger partial charge in [-0.1, -0.05) is 37.1 Å². The molecule has 0 radical (unpaired) electrons. The summed E-state index contributed by atoms with van der Waals surface area (Å²) in [5.41, 5.74) is 3.74. The number of carbonyl (C=O) groups is 3. The normalized spacial score (nSPS) is 10.8. The Bertz CT molecular complexity index is 1390. The molecular weight excluding hydrogens is 553 g/mol. The summed E-state index contributed by atoms with van der Waals surface area (Å²) in [5, 5.41) is 18.1. The number of carboxylic acids is 2. The Morgan fingerprint density at radius 2 is 1.47 bits per heavy atom. The van der Waals surface area contributed by atoms with Crippen LogP contribution in [0.2, 0.25) is 0 Å². The van der Waals surface area contributed by atoms with Crippen molar-refractivity contribution in [2.45, 2.75) is 57.8 Å². The lowest BCUT2D eigenvalue weighted by molar-refractivity contribution is -0.138. The summed E-state index contributed by atoms with van der Waals surface area (Å²) < 4.78 is 25.7. The number of unbranched alkanes of at least 4 members (excludes halogenated alkanes) is 3. The molecule has 3 aromatic carbocycles. The summed E-state index contributed by atoms with van der Waals surface area (Å²) in [6, 6.07) is 17.2. The van der Waals surface area contributed by atoms with E-state index in [1.54, 1.807) is 44.4 Å². The highest BCUT2D eigenvalue weighted by atomic mass is 19.1. The van der Waals surface area contributed by atoms with E-state index in [1.165, 1.54) is 17.0 Å². The molecule has 0 aliphatic rings. The van der Waals surface area contributed by atoms with Gasteiger partial charge in [0.25, 0.3) is 5.91 Å². The predicted octanol–water partition coefficient (Wildman–Crippen LogP) is 6.64. The molecule has 230 valence electrons. The first-order valence-electron chi connectivity index (χ1n) is 14.6. The van der Waals surface area contributed by atoms with Gasteiger partial charge < -0.3 is 24.6 Å². The smallest absolute Gasteiger partial charge is 0.303 e. The molecule has 1 amide bonds. The van der Waals surface area contributed by atoms with Crippen molar-refractivity contribution in [2.24, 2.45) is 0 Å². The molecule has 0 aromatic heterocycles. The average Bonchev–Trinajstić information content (AvgIpc) is 2.97. The monoisotopic (exact) mass is 593 g/mol. The third kappa shape index (κ3) is 11.1. The van der Waals surface area contributed by atoms with Crippen LogP contribution in [0.15, 0.2) is 60.7 Å². The van der Waals surface area contributed by atoms with Gasteiger partial charge in [-0.15, -0.1) is 0 Å². The quantitative estimate of drug-likeness (QED) is 0.159. The van der Waals surface area contributed by atoms with Gasteiger partial charge in [0.2, 0.25) is 0 Å². The summed E-state index contributed by atoms with van der Waals surface area (Å²) in [7, 11) is 3.36. The molecule has 3 rings (SSSR count). The maximum atomic E-state index is 13.8. The molecule has 43 heavy (non-hydrogen) atoms. The van der Waals surface area contributed by atoms with E-state index in [0.29, 0.717) is 47.6 Å². The number of benzene rings is 3. The van der Waals surface area contributed by atoms with E-state index in [-0.39, 0.29) is 31.2 Å². The van der Waals surface area contributed by atoms with Gasteiger partial charge in [0.15, 0.2) is 0 Å². The van der Waals surface area contributed by atoms with Gasteiger partial charge in [0.05, 0.1) is 13.2 Å². The van der Waals surface area contributed by atoms with Gasteiger partial charge in [0, 0.05) is 32.5 Å². The van der Waals surface area contributed by atoms with Crippen molar-refractivity contribution >= 4 is 17.8 Å². The Labute approximate surface area is 252 Å². The lowest BCUT2D eigenvalue weighted by Gasteiger charge is -2.15. The fraction of sp³-hybridized carbons (Fsp3) is 0.382. The third-order valence-corrected chi connectivity index (χ3v) is 6.94. The first kappa shape index (κ1) is 33.1. The number of aliphatic carboxylic acids is 2. The maximum Gasteiger partial charge on any atom is 0.303 e. The Balaban J connectivity index is 1.54. The van der Waals surface area contributed by atoms with Gasteiger partial charge in [0.1, 0.15) is 17.3 Å². The van der Waals surface area contributed by atoms with Gasteiger partial charge in [-0.2, -0.15) is 0 Å². The molecule has 0 aliphatic carbocycles. The number of hydrogen-bond donors (Lipinski definition) is 2. The number of aryl methyl sites for hydroxylation is 1. The van der Waals surface area contributed by atoms with Crippen molar-refractivity contribution in [3.63, 3.8) is 0 Å². The average molecular weight is 594 g/mol. The van der Waals surface area contributed by atoms with Crippen LogP contribution < -0.4 is 9.47 Å². The highest BCUT2D eigenvalue weighted by molar-refractivity contribution is 5.95. The summed E-state index contributed by atoms with van der Waals surface area (Å²) in [6.45, 7) is 0.720. The standard InChI is InChI=1S/C34H40FNO7/c1-36(2)34(41)27-20-26(25-12-7-13-28(35)21-25)22-29(23-27)42-18-6-4-3-5-10-24-11-8-14-31(30(24)16-17-33(39)40)43-19-9-15-32(37)38/h7-8,11-14,20-23H,3-6,9-10,15-19H2,1-2H3,(H,37,38)(H,39,40). The fourth-order valence-electron chi connectivity index (χ4n) is 4.76. The Kier molecular flexibility index (Phi) is 13.0. The largest absolute Gasteiger partial charge is 0.494 e. The molecule has 0 aliphatic heterocycles. The number of rotatable bonds is 18. The number of carbonyl (C=O) groups excluding carboxylic acids is 1. The van der Waals surface area contributed by atoms with Crippen molar-refractivity contribution in [1.29, 1.82) is 0 Å². The van der Waals surface area contributed by atoms with E-state index >= 15 is 0 Å². The first-order valence-corrected chi connectivity index (χ1v) is 14.6. The zero-order valence-corrected chi connectivity index (χ0v) is 24.8. The number of nitrogens with zero attached hydrogens (tertiary/aromatic N) is 1. The minimum absolute atomic E-state index is 0.0118. The number of carboxylic acid groups (broad SMARTS) is 2. The summed E-state index contributed by atoms with van der Waals surface area (Å²) in [4.78, 5) is 36.2. The fourth-order valence-corrected chi connectivity index (χ4v) is 4.76. The minimum atomic E-state index is -0.883. The highest BCUT2D eigenvalue weighted by Gasteiger charge is 2.14. The third-order valence-electron chi connectivity index (χ3n) is 6.94. The second-order valence-corrected chi connectivity index (χ2v) is 10.6. The predicted molar refractivity (Wildman–Crippen MR) is 162 cm³/mol. The van der Waals surface area contributed by atoms with Crippen LogP contribution in [0, 0.1) is 5.82 Å².